The maximum atomic E-state index is 13.6. The van der Waals surface area contributed by atoms with Crippen molar-refractivity contribution < 1.29 is 18.7 Å². The number of halogens is 1. The van der Waals surface area contributed by atoms with Crippen LogP contribution in [-0.2, 0) is 17.9 Å². The number of fused-ring (bicyclic) bond motifs is 4. The summed E-state index contributed by atoms with van der Waals surface area (Å²) >= 11 is 0. The lowest BCUT2D eigenvalue weighted by atomic mass is 9.85. The Balaban J connectivity index is 1.43. The third-order valence-corrected chi connectivity index (χ3v) is 7.91. The van der Waals surface area contributed by atoms with Crippen molar-refractivity contribution in [2.75, 3.05) is 6.61 Å². The molecule has 3 aromatic rings. The standard InChI is InChI=1S/C26H27FN4O4/c27-16-6-4-15(5-7-16)19-8-9-21-24-23(25(33)29-17-2-1-3-17)20(12-32)22(11-31(21)26(19)34)30(24)10-18-13-35-14-28-18/h4-9,13-14,17,20,22-24,32H,1-3,10-12H2,(H,29,33)/t20-,22-,23+,24+/m0/s1. The normalized spacial score (nSPS) is 25.8. The third-order valence-electron chi connectivity index (χ3n) is 7.91. The average molecular weight is 479 g/mol. The van der Waals surface area contributed by atoms with Gasteiger partial charge >= 0.3 is 0 Å². The number of aliphatic hydroxyl groups is 1. The van der Waals surface area contributed by atoms with Gasteiger partial charge in [-0.2, -0.15) is 0 Å². The Morgan fingerprint density at radius 2 is 2.00 bits per heavy atom. The number of amides is 1. The van der Waals surface area contributed by atoms with Gasteiger partial charge in [-0.15, -0.1) is 0 Å². The second kappa shape index (κ2) is 8.73. The lowest BCUT2D eigenvalue weighted by Crippen LogP contribution is -2.47. The molecule has 6 rings (SSSR count). The highest BCUT2D eigenvalue weighted by Gasteiger charge is 2.56. The van der Waals surface area contributed by atoms with Gasteiger partial charge < -0.3 is 19.4 Å². The molecule has 9 heteroatoms. The molecular weight excluding hydrogens is 451 g/mol. The van der Waals surface area contributed by atoms with Crippen molar-refractivity contribution in [2.45, 2.75) is 50.5 Å². The Morgan fingerprint density at radius 3 is 2.66 bits per heavy atom. The molecule has 2 bridgehead atoms. The van der Waals surface area contributed by atoms with Crippen LogP contribution in [0.1, 0.15) is 36.7 Å². The molecule has 4 atom stereocenters. The summed E-state index contributed by atoms with van der Waals surface area (Å²) in [5, 5.41) is 13.6. The molecule has 2 aromatic heterocycles. The van der Waals surface area contributed by atoms with Crippen LogP contribution in [0.3, 0.4) is 0 Å². The number of oxazole rings is 1. The minimum Gasteiger partial charge on any atom is -0.451 e. The topological polar surface area (TPSA) is 101 Å². The minimum absolute atomic E-state index is 0.0742. The van der Waals surface area contributed by atoms with Crippen molar-refractivity contribution in [3.63, 3.8) is 0 Å². The van der Waals surface area contributed by atoms with Gasteiger partial charge in [0.25, 0.3) is 5.56 Å². The average Bonchev–Trinajstić information content (AvgIpc) is 3.41. The molecule has 0 spiro atoms. The summed E-state index contributed by atoms with van der Waals surface area (Å²) in [7, 11) is 0. The number of aromatic nitrogens is 2. The summed E-state index contributed by atoms with van der Waals surface area (Å²) in [5.41, 5.74) is 2.42. The highest BCUT2D eigenvalue weighted by atomic mass is 19.1. The van der Waals surface area contributed by atoms with Crippen LogP contribution in [0.2, 0.25) is 0 Å². The number of hydrogen-bond donors (Lipinski definition) is 2. The summed E-state index contributed by atoms with van der Waals surface area (Å²) < 4.78 is 20.3. The quantitative estimate of drug-likeness (QED) is 0.565. The van der Waals surface area contributed by atoms with E-state index in [4.69, 9.17) is 4.42 Å². The zero-order valence-corrected chi connectivity index (χ0v) is 19.1. The number of aliphatic hydroxyl groups excluding tert-OH is 1. The molecule has 1 amide bonds. The van der Waals surface area contributed by atoms with Gasteiger partial charge in [0.05, 0.1) is 17.7 Å². The van der Waals surface area contributed by atoms with Crippen LogP contribution >= 0.6 is 0 Å². The van der Waals surface area contributed by atoms with Crippen LogP contribution in [-0.4, -0.2) is 44.2 Å². The number of nitrogens with one attached hydrogen (secondary N) is 1. The monoisotopic (exact) mass is 478 g/mol. The van der Waals surface area contributed by atoms with Crippen LogP contribution in [0, 0.1) is 17.7 Å². The first-order chi connectivity index (χ1) is 17.0. The molecule has 182 valence electrons. The van der Waals surface area contributed by atoms with Gasteiger partial charge in [-0.3, -0.25) is 14.5 Å². The Bertz CT molecular complexity index is 1290. The van der Waals surface area contributed by atoms with Gasteiger partial charge in [0.2, 0.25) is 5.91 Å². The smallest absolute Gasteiger partial charge is 0.258 e. The molecule has 0 radical (unpaired) electrons. The molecule has 8 nitrogen and oxygen atoms in total. The maximum Gasteiger partial charge on any atom is 0.258 e. The molecule has 2 fully saturated rings. The van der Waals surface area contributed by atoms with E-state index in [-0.39, 0.29) is 41.9 Å². The van der Waals surface area contributed by atoms with E-state index in [1.807, 2.05) is 6.07 Å². The van der Waals surface area contributed by atoms with Crippen LogP contribution < -0.4 is 10.9 Å². The first-order valence-electron chi connectivity index (χ1n) is 12.1. The molecule has 35 heavy (non-hydrogen) atoms. The van der Waals surface area contributed by atoms with Gasteiger partial charge in [-0.25, -0.2) is 9.37 Å². The fourth-order valence-corrected chi connectivity index (χ4v) is 5.94. The van der Waals surface area contributed by atoms with Crippen molar-refractivity contribution in [1.29, 1.82) is 0 Å². The van der Waals surface area contributed by atoms with E-state index in [0.717, 1.165) is 30.7 Å². The maximum absolute atomic E-state index is 13.6. The van der Waals surface area contributed by atoms with Crippen LogP contribution in [0.15, 0.2) is 58.3 Å². The van der Waals surface area contributed by atoms with E-state index >= 15 is 0 Å². The molecule has 2 aliphatic heterocycles. The minimum atomic E-state index is -0.498. The third kappa shape index (κ3) is 3.70. The van der Waals surface area contributed by atoms with E-state index < -0.39 is 12.0 Å². The SMILES string of the molecule is O=C(NC1CCC1)[C@@H]1[C@@H](CO)[C@@H]2Cn3c(ccc(-c4ccc(F)cc4)c3=O)[C@H]1N2Cc1cocn1. The molecule has 3 aliphatic rings. The molecular formula is C26H27FN4O4. The zero-order valence-electron chi connectivity index (χ0n) is 19.1. The highest BCUT2D eigenvalue weighted by molar-refractivity contribution is 5.81. The first-order valence-corrected chi connectivity index (χ1v) is 12.1. The number of nitrogens with zero attached hydrogens (tertiary/aromatic N) is 3. The number of hydrogen-bond acceptors (Lipinski definition) is 6. The summed E-state index contributed by atoms with van der Waals surface area (Å²) in [6.07, 6.45) is 6.00. The number of rotatable bonds is 6. The summed E-state index contributed by atoms with van der Waals surface area (Å²) in [6.45, 7) is 0.631. The highest BCUT2D eigenvalue weighted by Crippen LogP contribution is 2.49. The Hall–Kier alpha value is -3.30. The number of carbonyl (C=O) groups is 1. The lowest BCUT2D eigenvalue weighted by molar-refractivity contribution is -0.128. The van der Waals surface area contributed by atoms with E-state index in [1.165, 1.54) is 18.5 Å². The predicted molar refractivity (Wildman–Crippen MR) is 125 cm³/mol. The summed E-state index contributed by atoms with van der Waals surface area (Å²) in [4.78, 5) is 33.6. The zero-order chi connectivity index (χ0) is 24.1. The van der Waals surface area contributed by atoms with E-state index in [9.17, 15) is 19.1 Å². The van der Waals surface area contributed by atoms with Gasteiger partial charge in [-0.1, -0.05) is 12.1 Å². The molecule has 1 saturated carbocycles. The summed E-state index contributed by atoms with van der Waals surface area (Å²) in [6, 6.07) is 9.07. The number of pyridine rings is 1. The molecule has 0 unspecified atom stereocenters. The first kappa shape index (κ1) is 22.2. The van der Waals surface area contributed by atoms with E-state index in [0.29, 0.717) is 24.2 Å². The van der Waals surface area contributed by atoms with Crippen molar-refractivity contribution in [1.82, 2.24) is 19.8 Å². The predicted octanol–water partition coefficient (Wildman–Crippen LogP) is 2.47. The lowest BCUT2D eigenvalue weighted by Gasteiger charge is -2.38. The number of benzene rings is 1. The second-order valence-electron chi connectivity index (χ2n) is 9.77. The van der Waals surface area contributed by atoms with E-state index in [1.54, 1.807) is 29.0 Å². The van der Waals surface area contributed by atoms with Crippen LogP contribution in [0.25, 0.3) is 11.1 Å². The molecule has 4 heterocycles. The van der Waals surface area contributed by atoms with Crippen molar-refractivity contribution >= 4 is 5.91 Å². The van der Waals surface area contributed by atoms with Crippen LogP contribution in [0.4, 0.5) is 4.39 Å². The van der Waals surface area contributed by atoms with Crippen LogP contribution in [0.5, 0.6) is 0 Å². The Labute approximate surface area is 201 Å². The largest absolute Gasteiger partial charge is 0.451 e. The molecule has 1 aliphatic carbocycles. The Kier molecular flexibility index (Phi) is 5.53. The van der Waals surface area contributed by atoms with Gasteiger partial charge in [0, 0.05) is 49.0 Å². The van der Waals surface area contributed by atoms with Gasteiger partial charge in [0.15, 0.2) is 6.39 Å². The van der Waals surface area contributed by atoms with E-state index in [2.05, 4.69) is 15.2 Å². The summed E-state index contributed by atoms with van der Waals surface area (Å²) in [5.74, 6) is -1.27. The number of carbonyl (C=O) groups excluding carboxylic acids is 1. The fourth-order valence-electron chi connectivity index (χ4n) is 5.94. The molecule has 1 saturated heterocycles. The van der Waals surface area contributed by atoms with Crippen molar-refractivity contribution in [2.24, 2.45) is 11.8 Å². The fraction of sp³-hybridized carbons (Fsp3) is 0.423. The van der Waals surface area contributed by atoms with Crippen molar-refractivity contribution in [3.05, 3.63) is 76.6 Å². The van der Waals surface area contributed by atoms with Gasteiger partial charge in [0.1, 0.15) is 12.1 Å². The van der Waals surface area contributed by atoms with Gasteiger partial charge in [-0.05, 0) is 49.1 Å². The second-order valence-corrected chi connectivity index (χ2v) is 9.77. The Morgan fingerprint density at radius 1 is 1.20 bits per heavy atom. The molecule has 1 aromatic carbocycles. The molecule has 2 N–H and O–H groups in total. The van der Waals surface area contributed by atoms with Crippen molar-refractivity contribution in [3.8, 4) is 11.1 Å².